The van der Waals surface area contributed by atoms with E-state index in [2.05, 4.69) is 5.32 Å². The Morgan fingerprint density at radius 1 is 1.12 bits per heavy atom. The summed E-state index contributed by atoms with van der Waals surface area (Å²) in [5.41, 5.74) is 3.85. The first-order valence-electron chi connectivity index (χ1n) is 7.70. The van der Waals surface area contributed by atoms with Gasteiger partial charge in [0.25, 0.3) is 0 Å². The third kappa shape index (κ3) is 4.22. The van der Waals surface area contributed by atoms with E-state index in [1.807, 2.05) is 48.5 Å². The van der Waals surface area contributed by atoms with Crippen LogP contribution in [0, 0.1) is 0 Å². The van der Waals surface area contributed by atoms with E-state index in [-0.39, 0.29) is 36.8 Å². The van der Waals surface area contributed by atoms with Crippen molar-refractivity contribution in [1.82, 2.24) is 5.32 Å². The molecule has 1 aliphatic rings. The lowest BCUT2D eigenvalue weighted by molar-refractivity contribution is -0.147. The van der Waals surface area contributed by atoms with Crippen molar-refractivity contribution >= 4 is 24.2 Å². The van der Waals surface area contributed by atoms with Crippen molar-refractivity contribution < 1.29 is 14.3 Å². The largest absolute Gasteiger partial charge is 0.460 e. The number of rotatable bonds is 4. The molecule has 1 heterocycles. The van der Waals surface area contributed by atoms with Crippen molar-refractivity contribution in [2.75, 3.05) is 0 Å². The van der Waals surface area contributed by atoms with E-state index >= 15 is 0 Å². The third-order valence-electron chi connectivity index (χ3n) is 4.08. The monoisotopic (exact) mass is 345 g/mol. The number of hydrogen-bond donors (Lipinski definition) is 1. The van der Waals surface area contributed by atoms with E-state index in [1.54, 1.807) is 6.92 Å². The van der Waals surface area contributed by atoms with Crippen molar-refractivity contribution in [2.45, 2.75) is 32.5 Å². The minimum absolute atomic E-state index is 0. The Labute approximate surface area is 147 Å². The zero-order chi connectivity index (χ0) is 16.2. The second kappa shape index (κ2) is 8.08. The first-order chi connectivity index (χ1) is 11.1. The molecule has 24 heavy (non-hydrogen) atoms. The highest BCUT2D eigenvalue weighted by Crippen LogP contribution is 2.19. The fourth-order valence-corrected chi connectivity index (χ4v) is 2.73. The molecule has 126 valence electrons. The van der Waals surface area contributed by atoms with Crippen molar-refractivity contribution in [3.8, 4) is 0 Å². The Morgan fingerprint density at radius 3 is 2.58 bits per heavy atom. The van der Waals surface area contributed by atoms with E-state index in [9.17, 15) is 9.59 Å². The van der Waals surface area contributed by atoms with E-state index in [0.717, 1.165) is 16.7 Å². The molecular formula is C19H20ClNO3. The maximum Gasteiger partial charge on any atom is 0.323 e. The van der Waals surface area contributed by atoms with Gasteiger partial charge in [0.1, 0.15) is 12.6 Å². The van der Waals surface area contributed by atoms with Gasteiger partial charge in [-0.2, -0.15) is 0 Å². The molecule has 0 unspecified atom stereocenters. The van der Waals surface area contributed by atoms with Crippen LogP contribution in [0.15, 0.2) is 48.5 Å². The van der Waals surface area contributed by atoms with Crippen LogP contribution < -0.4 is 5.32 Å². The van der Waals surface area contributed by atoms with Crippen LogP contribution in [0.2, 0.25) is 0 Å². The summed E-state index contributed by atoms with van der Waals surface area (Å²) in [5.74, 6) is -0.188. The van der Waals surface area contributed by atoms with Gasteiger partial charge in [-0.25, -0.2) is 0 Å². The summed E-state index contributed by atoms with van der Waals surface area (Å²) in [4.78, 5) is 23.6. The average molecular weight is 346 g/mol. The van der Waals surface area contributed by atoms with E-state index < -0.39 is 0 Å². The minimum atomic E-state index is -0.339. The van der Waals surface area contributed by atoms with Gasteiger partial charge in [-0.3, -0.25) is 9.59 Å². The second-order valence-corrected chi connectivity index (χ2v) is 5.77. The summed E-state index contributed by atoms with van der Waals surface area (Å²) < 4.78 is 5.39. The number of ketones is 1. The SMILES string of the molecule is CC(=O)c1ccc2c(c1)CN[C@@H](C(=O)OCc1ccccc1)C2.Cl. The topological polar surface area (TPSA) is 55.4 Å². The Bertz CT molecular complexity index is 731. The van der Waals surface area contributed by atoms with Crippen molar-refractivity contribution in [3.05, 3.63) is 70.8 Å². The summed E-state index contributed by atoms with van der Waals surface area (Å²) in [7, 11) is 0. The molecular weight excluding hydrogens is 326 g/mol. The molecule has 0 saturated carbocycles. The van der Waals surface area contributed by atoms with Crippen LogP contribution in [-0.4, -0.2) is 17.8 Å². The van der Waals surface area contributed by atoms with Crippen LogP contribution in [0.5, 0.6) is 0 Å². The molecule has 0 radical (unpaired) electrons. The zero-order valence-corrected chi connectivity index (χ0v) is 14.3. The molecule has 0 bridgehead atoms. The summed E-state index contributed by atoms with van der Waals surface area (Å²) in [6, 6.07) is 14.9. The number of fused-ring (bicyclic) bond motifs is 1. The Balaban J connectivity index is 0.00000208. The van der Waals surface area contributed by atoms with Gasteiger partial charge in [0.05, 0.1) is 0 Å². The van der Waals surface area contributed by atoms with Crippen LogP contribution in [-0.2, 0) is 29.1 Å². The summed E-state index contributed by atoms with van der Waals surface area (Å²) in [6.07, 6.45) is 0.584. The number of nitrogens with one attached hydrogen (secondary N) is 1. The molecule has 2 aromatic rings. The molecule has 1 N–H and O–H groups in total. The molecule has 0 aliphatic carbocycles. The van der Waals surface area contributed by atoms with Crippen LogP contribution in [0.3, 0.4) is 0 Å². The maximum atomic E-state index is 12.2. The molecule has 0 amide bonds. The van der Waals surface area contributed by atoms with Gasteiger partial charge in [-0.1, -0.05) is 42.5 Å². The Kier molecular flexibility index (Phi) is 6.12. The number of Topliss-reactive ketones (excluding diaryl/α,β-unsaturated/α-hetero) is 1. The van der Waals surface area contributed by atoms with Crippen LogP contribution in [0.25, 0.3) is 0 Å². The zero-order valence-electron chi connectivity index (χ0n) is 13.5. The molecule has 5 heteroatoms. The fraction of sp³-hybridized carbons (Fsp3) is 0.263. The average Bonchev–Trinajstić information content (AvgIpc) is 2.59. The lowest BCUT2D eigenvalue weighted by Crippen LogP contribution is -2.42. The first kappa shape index (κ1) is 18.2. The van der Waals surface area contributed by atoms with Crippen molar-refractivity contribution in [3.63, 3.8) is 0 Å². The normalized spacial score (nSPS) is 15.8. The van der Waals surface area contributed by atoms with Gasteiger partial charge in [0.2, 0.25) is 0 Å². The van der Waals surface area contributed by atoms with Gasteiger partial charge in [-0.05, 0) is 36.1 Å². The van der Waals surface area contributed by atoms with Gasteiger partial charge >= 0.3 is 5.97 Å². The standard InChI is InChI=1S/C19H19NO3.ClH/c1-13(21)15-7-8-16-10-18(20-11-17(16)9-15)19(22)23-12-14-5-3-2-4-6-14;/h2-9,18,20H,10-12H2,1H3;1H/t18-;/m1./s1. The Hall–Kier alpha value is -2.17. The first-order valence-corrected chi connectivity index (χ1v) is 7.70. The van der Waals surface area contributed by atoms with Crippen LogP contribution >= 0.6 is 12.4 Å². The molecule has 0 aromatic heterocycles. The number of carbonyl (C=O) groups excluding carboxylic acids is 2. The molecule has 0 saturated heterocycles. The van der Waals surface area contributed by atoms with Crippen molar-refractivity contribution in [2.24, 2.45) is 0 Å². The maximum absolute atomic E-state index is 12.2. The number of carbonyl (C=O) groups is 2. The molecule has 2 aromatic carbocycles. The van der Waals surface area contributed by atoms with E-state index in [0.29, 0.717) is 18.5 Å². The lowest BCUT2D eigenvalue weighted by atomic mass is 9.93. The summed E-state index contributed by atoms with van der Waals surface area (Å²) in [5, 5.41) is 3.19. The highest BCUT2D eigenvalue weighted by atomic mass is 35.5. The molecule has 4 nitrogen and oxygen atoms in total. The summed E-state index contributed by atoms with van der Waals surface area (Å²) >= 11 is 0. The van der Waals surface area contributed by atoms with Gasteiger partial charge in [-0.15, -0.1) is 12.4 Å². The number of esters is 1. The predicted molar refractivity (Wildman–Crippen MR) is 94.3 cm³/mol. The quantitative estimate of drug-likeness (QED) is 0.683. The highest BCUT2D eigenvalue weighted by molar-refractivity contribution is 5.94. The van der Waals surface area contributed by atoms with Crippen LogP contribution in [0.4, 0.5) is 0 Å². The lowest BCUT2D eigenvalue weighted by Gasteiger charge is -2.25. The molecule has 1 atom stereocenters. The summed E-state index contributed by atoms with van der Waals surface area (Å²) in [6.45, 7) is 2.41. The predicted octanol–water partition coefficient (Wildman–Crippen LogP) is 3.07. The van der Waals surface area contributed by atoms with Gasteiger partial charge < -0.3 is 10.1 Å². The minimum Gasteiger partial charge on any atom is -0.460 e. The molecule has 3 rings (SSSR count). The number of ether oxygens (including phenoxy) is 1. The van der Waals surface area contributed by atoms with E-state index in [1.165, 1.54) is 0 Å². The fourth-order valence-electron chi connectivity index (χ4n) is 2.73. The van der Waals surface area contributed by atoms with Crippen LogP contribution in [0.1, 0.15) is 34.0 Å². The van der Waals surface area contributed by atoms with Gasteiger partial charge in [0.15, 0.2) is 5.78 Å². The number of halogens is 1. The van der Waals surface area contributed by atoms with Gasteiger partial charge in [0, 0.05) is 12.1 Å². The second-order valence-electron chi connectivity index (χ2n) is 5.77. The third-order valence-corrected chi connectivity index (χ3v) is 4.08. The van der Waals surface area contributed by atoms with E-state index in [4.69, 9.17) is 4.74 Å². The number of hydrogen-bond acceptors (Lipinski definition) is 4. The number of benzene rings is 2. The molecule has 0 fully saturated rings. The Morgan fingerprint density at radius 2 is 1.88 bits per heavy atom. The molecule has 1 aliphatic heterocycles. The molecule has 0 spiro atoms. The smallest absolute Gasteiger partial charge is 0.323 e. The highest BCUT2D eigenvalue weighted by Gasteiger charge is 2.25. The van der Waals surface area contributed by atoms with Crippen molar-refractivity contribution in [1.29, 1.82) is 0 Å².